The highest BCUT2D eigenvalue weighted by molar-refractivity contribution is 5.82. The van der Waals surface area contributed by atoms with E-state index in [0.29, 0.717) is 19.6 Å². The number of carbonyl (C=O) groups excluding carboxylic acids is 2. The second-order valence-corrected chi connectivity index (χ2v) is 5.14. The van der Waals surface area contributed by atoms with Gasteiger partial charge in [0.1, 0.15) is 0 Å². The monoisotopic (exact) mass is 297 g/mol. The maximum absolute atomic E-state index is 11.8. The van der Waals surface area contributed by atoms with Gasteiger partial charge in [0.2, 0.25) is 0 Å². The minimum Gasteiger partial charge on any atom is -0.466 e. The summed E-state index contributed by atoms with van der Waals surface area (Å²) in [6, 6.07) is 0.109. The fourth-order valence-corrected chi connectivity index (χ4v) is 2.72. The molecule has 0 N–H and O–H groups in total. The molecule has 1 fully saturated rings. The summed E-state index contributed by atoms with van der Waals surface area (Å²) >= 11 is 0. The summed E-state index contributed by atoms with van der Waals surface area (Å²) in [5.74, 6) is -0.468. The minimum atomic E-state index is -0.300. The van der Waals surface area contributed by atoms with Crippen LogP contribution < -0.4 is 0 Å². The maximum atomic E-state index is 11.8. The first-order valence-corrected chi connectivity index (χ1v) is 7.91. The number of hydrogen-bond acceptors (Lipinski definition) is 5. The minimum absolute atomic E-state index is 0.109. The van der Waals surface area contributed by atoms with Gasteiger partial charge in [-0.2, -0.15) is 0 Å². The van der Waals surface area contributed by atoms with E-state index in [9.17, 15) is 9.59 Å². The van der Waals surface area contributed by atoms with Crippen molar-refractivity contribution in [1.29, 1.82) is 0 Å². The van der Waals surface area contributed by atoms with Crippen molar-refractivity contribution in [2.75, 3.05) is 19.8 Å². The average molecular weight is 297 g/mol. The maximum Gasteiger partial charge on any atom is 0.332 e. The predicted octanol–water partition coefficient (Wildman–Crippen LogP) is 2.65. The summed E-state index contributed by atoms with van der Waals surface area (Å²) in [7, 11) is 0. The molecule has 1 aliphatic rings. The Morgan fingerprint density at radius 3 is 2.57 bits per heavy atom. The predicted molar refractivity (Wildman–Crippen MR) is 80.6 cm³/mol. The van der Waals surface area contributed by atoms with E-state index in [1.165, 1.54) is 0 Å². The van der Waals surface area contributed by atoms with Crippen LogP contribution in [-0.4, -0.2) is 42.6 Å². The number of allylic oxidation sites excluding steroid dienone is 1. The van der Waals surface area contributed by atoms with Crippen LogP contribution in [0.5, 0.6) is 0 Å². The van der Waals surface area contributed by atoms with Gasteiger partial charge in [0.15, 0.2) is 0 Å². The Balaban J connectivity index is 2.75. The van der Waals surface area contributed by atoms with Crippen LogP contribution in [0.15, 0.2) is 11.8 Å². The molecule has 0 aromatic carbocycles. The molecule has 0 aromatic rings. The van der Waals surface area contributed by atoms with Gasteiger partial charge in [0, 0.05) is 24.4 Å². The third-order valence-corrected chi connectivity index (χ3v) is 3.54. The summed E-state index contributed by atoms with van der Waals surface area (Å²) < 4.78 is 10.0. The molecule has 0 radical (unpaired) electrons. The van der Waals surface area contributed by atoms with Crippen LogP contribution in [-0.2, 0) is 19.1 Å². The number of ether oxygens (including phenoxy) is 2. The van der Waals surface area contributed by atoms with E-state index in [4.69, 9.17) is 9.47 Å². The molecule has 0 aromatic heterocycles. The Kier molecular flexibility index (Phi) is 7.87. The molecule has 1 heterocycles. The zero-order valence-electron chi connectivity index (χ0n) is 13.4. The Hall–Kier alpha value is -1.52. The summed E-state index contributed by atoms with van der Waals surface area (Å²) in [6.07, 6.45) is 5.73. The van der Waals surface area contributed by atoms with Crippen molar-refractivity contribution in [3.8, 4) is 0 Å². The van der Waals surface area contributed by atoms with Gasteiger partial charge in [-0.25, -0.2) is 4.79 Å². The summed E-state index contributed by atoms with van der Waals surface area (Å²) in [4.78, 5) is 25.6. The van der Waals surface area contributed by atoms with Crippen molar-refractivity contribution in [2.45, 2.75) is 58.9 Å². The van der Waals surface area contributed by atoms with E-state index in [2.05, 4.69) is 11.8 Å². The Bertz CT molecular complexity index is 378. The zero-order chi connectivity index (χ0) is 15.7. The lowest BCUT2D eigenvalue weighted by Crippen LogP contribution is -2.34. The molecule has 1 aliphatic heterocycles. The van der Waals surface area contributed by atoms with Gasteiger partial charge >= 0.3 is 11.9 Å². The highest BCUT2D eigenvalue weighted by atomic mass is 16.5. The van der Waals surface area contributed by atoms with Gasteiger partial charge in [-0.3, -0.25) is 4.79 Å². The van der Waals surface area contributed by atoms with E-state index in [0.717, 1.165) is 37.9 Å². The Morgan fingerprint density at radius 2 is 1.95 bits per heavy atom. The van der Waals surface area contributed by atoms with E-state index < -0.39 is 0 Å². The molecule has 0 aliphatic carbocycles. The molecule has 5 nitrogen and oxygen atoms in total. The van der Waals surface area contributed by atoms with Crippen molar-refractivity contribution < 1.29 is 19.1 Å². The lowest BCUT2D eigenvalue weighted by molar-refractivity contribution is -0.144. The molecule has 0 saturated carbocycles. The number of hydrogen-bond donors (Lipinski definition) is 0. The lowest BCUT2D eigenvalue weighted by atomic mass is 10.1. The number of esters is 2. The Morgan fingerprint density at radius 1 is 1.24 bits per heavy atom. The fourth-order valence-electron chi connectivity index (χ4n) is 2.72. The largest absolute Gasteiger partial charge is 0.466 e. The Labute approximate surface area is 127 Å². The molecule has 1 unspecified atom stereocenters. The third kappa shape index (κ3) is 5.78. The molecule has 1 atom stereocenters. The van der Waals surface area contributed by atoms with Gasteiger partial charge in [0.05, 0.1) is 19.6 Å². The fraction of sp³-hybridized carbons (Fsp3) is 0.750. The van der Waals surface area contributed by atoms with Crippen LogP contribution in [0.1, 0.15) is 52.9 Å². The van der Waals surface area contributed by atoms with Gasteiger partial charge in [-0.05, 0) is 33.1 Å². The second kappa shape index (κ2) is 9.42. The van der Waals surface area contributed by atoms with E-state index in [1.54, 1.807) is 13.0 Å². The zero-order valence-corrected chi connectivity index (χ0v) is 13.4. The topological polar surface area (TPSA) is 55.8 Å². The smallest absolute Gasteiger partial charge is 0.332 e. The molecular formula is C16H27NO4. The quantitative estimate of drug-likeness (QED) is 0.509. The van der Waals surface area contributed by atoms with Crippen molar-refractivity contribution in [3.05, 3.63) is 11.8 Å². The normalized spacial score (nSPS) is 17.9. The number of carbonyl (C=O) groups is 2. The molecular weight excluding hydrogens is 270 g/mol. The average Bonchev–Trinajstić information content (AvgIpc) is 2.86. The van der Waals surface area contributed by atoms with Gasteiger partial charge in [-0.1, -0.05) is 13.3 Å². The molecule has 0 bridgehead atoms. The first kappa shape index (κ1) is 17.5. The summed E-state index contributed by atoms with van der Waals surface area (Å²) in [6.45, 7) is 7.38. The SMILES string of the molecule is CCCC(CC(=O)OCC)N1CCC/C1=C\C(=O)OCC. The first-order chi connectivity index (χ1) is 10.1. The first-order valence-electron chi connectivity index (χ1n) is 7.91. The van der Waals surface area contributed by atoms with Crippen molar-refractivity contribution in [1.82, 2.24) is 4.90 Å². The molecule has 5 heteroatoms. The number of likely N-dealkylation sites (tertiary alicyclic amines) is 1. The standard InChI is InChI=1S/C16H27NO4/c1-4-8-13(11-15(18)20-5-2)17-10-7-9-14(17)12-16(19)21-6-3/h12-13H,4-11H2,1-3H3/b14-12+. The molecule has 120 valence electrons. The second-order valence-electron chi connectivity index (χ2n) is 5.14. The molecule has 1 rings (SSSR count). The van der Waals surface area contributed by atoms with Crippen LogP contribution in [0.3, 0.4) is 0 Å². The molecule has 0 spiro atoms. The van der Waals surface area contributed by atoms with E-state index in [1.807, 2.05) is 6.92 Å². The summed E-state index contributed by atoms with van der Waals surface area (Å²) in [5.41, 5.74) is 0.983. The van der Waals surface area contributed by atoms with E-state index >= 15 is 0 Å². The van der Waals surface area contributed by atoms with Crippen molar-refractivity contribution >= 4 is 11.9 Å². The highest BCUT2D eigenvalue weighted by Gasteiger charge is 2.27. The third-order valence-electron chi connectivity index (χ3n) is 3.54. The number of rotatable bonds is 8. The lowest BCUT2D eigenvalue weighted by Gasteiger charge is -2.30. The number of nitrogens with zero attached hydrogens (tertiary/aromatic N) is 1. The molecule has 0 amide bonds. The van der Waals surface area contributed by atoms with Crippen LogP contribution >= 0.6 is 0 Å². The van der Waals surface area contributed by atoms with Gasteiger partial charge in [0.25, 0.3) is 0 Å². The van der Waals surface area contributed by atoms with Crippen molar-refractivity contribution in [3.63, 3.8) is 0 Å². The highest BCUT2D eigenvalue weighted by Crippen LogP contribution is 2.27. The van der Waals surface area contributed by atoms with Gasteiger partial charge in [-0.15, -0.1) is 0 Å². The van der Waals surface area contributed by atoms with Crippen LogP contribution in [0, 0.1) is 0 Å². The van der Waals surface area contributed by atoms with E-state index in [-0.39, 0.29) is 18.0 Å². The van der Waals surface area contributed by atoms with Crippen LogP contribution in [0.4, 0.5) is 0 Å². The van der Waals surface area contributed by atoms with Crippen LogP contribution in [0.2, 0.25) is 0 Å². The molecule has 1 saturated heterocycles. The van der Waals surface area contributed by atoms with Crippen LogP contribution in [0.25, 0.3) is 0 Å². The molecule has 21 heavy (non-hydrogen) atoms. The summed E-state index contributed by atoms with van der Waals surface area (Å²) in [5, 5.41) is 0. The van der Waals surface area contributed by atoms with Gasteiger partial charge < -0.3 is 14.4 Å². The van der Waals surface area contributed by atoms with Crippen molar-refractivity contribution in [2.24, 2.45) is 0 Å².